The molecule has 0 aliphatic carbocycles. The van der Waals surface area contributed by atoms with Crippen LogP contribution in [0.25, 0.3) is 0 Å². The van der Waals surface area contributed by atoms with Gasteiger partial charge in [0.05, 0.1) is 7.11 Å². The Labute approximate surface area is 154 Å². The van der Waals surface area contributed by atoms with Crippen LogP contribution >= 0.6 is 28.3 Å². The molecule has 0 radical (unpaired) electrons. The third-order valence-corrected chi connectivity index (χ3v) is 4.28. The van der Waals surface area contributed by atoms with Crippen LogP contribution in [-0.4, -0.2) is 19.7 Å². The molecule has 126 valence electrons. The van der Waals surface area contributed by atoms with Crippen LogP contribution in [0.3, 0.4) is 0 Å². The maximum atomic E-state index is 5.17. The molecule has 1 unspecified atom stereocenters. The van der Waals surface area contributed by atoms with Crippen LogP contribution < -0.4 is 10.1 Å². The normalized spacial score (nSPS) is 11.6. The Balaban J connectivity index is 0.00000264. The molecule has 2 aromatic carbocycles. The van der Waals surface area contributed by atoms with E-state index in [1.807, 2.05) is 12.1 Å². The molecular formula is C19H25BrClNO. The number of halogens is 2. The standard InChI is InChI=1S/C19H24BrNO.ClH/c1-15(14-17-5-9-18(20)10-6-17)21-13-3-4-16-7-11-19(22-2)12-8-16;/h5-12,15,21H,3-4,13-14H2,1-2H3;1H. The van der Waals surface area contributed by atoms with Gasteiger partial charge < -0.3 is 10.1 Å². The fraction of sp³-hybridized carbons (Fsp3) is 0.368. The third kappa shape index (κ3) is 7.38. The number of hydrogen-bond acceptors (Lipinski definition) is 2. The van der Waals surface area contributed by atoms with Crippen molar-refractivity contribution in [3.8, 4) is 5.75 Å². The largest absolute Gasteiger partial charge is 0.497 e. The van der Waals surface area contributed by atoms with E-state index in [0.717, 1.165) is 36.0 Å². The van der Waals surface area contributed by atoms with Crippen molar-refractivity contribution in [2.45, 2.75) is 32.2 Å². The summed E-state index contributed by atoms with van der Waals surface area (Å²) in [6.45, 7) is 3.29. The van der Waals surface area contributed by atoms with Crippen molar-refractivity contribution in [1.29, 1.82) is 0 Å². The molecular weight excluding hydrogens is 374 g/mol. The molecule has 0 amide bonds. The molecule has 0 heterocycles. The molecule has 0 aliphatic rings. The molecule has 2 rings (SSSR count). The topological polar surface area (TPSA) is 21.3 Å². The molecule has 0 saturated heterocycles. The molecule has 1 N–H and O–H groups in total. The third-order valence-electron chi connectivity index (χ3n) is 3.75. The summed E-state index contributed by atoms with van der Waals surface area (Å²) >= 11 is 3.47. The molecule has 0 spiro atoms. The summed E-state index contributed by atoms with van der Waals surface area (Å²) in [7, 11) is 1.70. The van der Waals surface area contributed by atoms with Gasteiger partial charge in [0, 0.05) is 10.5 Å². The minimum absolute atomic E-state index is 0. The van der Waals surface area contributed by atoms with E-state index >= 15 is 0 Å². The lowest BCUT2D eigenvalue weighted by Gasteiger charge is -2.14. The number of aryl methyl sites for hydroxylation is 1. The molecule has 0 aliphatic heterocycles. The average Bonchev–Trinajstić information content (AvgIpc) is 2.54. The predicted octanol–water partition coefficient (Wildman–Crippen LogP) is 5.03. The lowest BCUT2D eigenvalue weighted by Crippen LogP contribution is -2.29. The lowest BCUT2D eigenvalue weighted by molar-refractivity contribution is 0.414. The zero-order valence-corrected chi connectivity index (χ0v) is 16.1. The molecule has 2 aromatic rings. The van der Waals surface area contributed by atoms with E-state index in [2.05, 4.69) is 64.6 Å². The number of hydrogen-bond donors (Lipinski definition) is 1. The SMILES string of the molecule is COc1ccc(CCCNC(C)Cc2ccc(Br)cc2)cc1.Cl. The van der Waals surface area contributed by atoms with Crippen molar-refractivity contribution in [2.24, 2.45) is 0 Å². The van der Waals surface area contributed by atoms with E-state index in [4.69, 9.17) is 4.74 Å². The Bertz CT molecular complexity index is 557. The average molecular weight is 399 g/mol. The maximum Gasteiger partial charge on any atom is 0.118 e. The number of rotatable bonds is 8. The summed E-state index contributed by atoms with van der Waals surface area (Å²) in [4.78, 5) is 0. The van der Waals surface area contributed by atoms with Crippen LogP contribution in [0.1, 0.15) is 24.5 Å². The first-order chi connectivity index (χ1) is 10.7. The number of methoxy groups -OCH3 is 1. The van der Waals surface area contributed by atoms with Gasteiger partial charge in [-0.25, -0.2) is 0 Å². The Morgan fingerprint density at radius 3 is 2.22 bits per heavy atom. The van der Waals surface area contributed by atoms with Gasteiger partial charge in [-0.15, -0.1) is 12.4 Å². The smallest absolute Gasteiger partial charge is 0.118 e. The van der Waals surface area contributed by atoms with Gasteiger partial charge in [0.1, 0.15) is 5.75 Å². The fourth-order valence-electron chi connectivity index (χ4n) is 2.48. The maximum absolute atomic E-state index is 5.17. The monoisotopic (exact) mass is 397 g/mol. The highest BCUT2D eigenvalue weighted by atomic mass is 79.9. The van der Waals surface area contributed by atoms with Gasteiger partial charge in [-0.1, -0.05) is 40.2 Å². The summed E-state index contributed by atoms with van der Waals surface area (Å²) < 4.78 is 6.31. The fourth-order valence-corrected chi connectivity index (χ4v) is 2.74. The first-order valence-corrected chi connectivity index (χ1v) is 8.57. The molecule has 23 heavy (non-hydrogen) atoms. The molecule has 2 nitrogen and oxygen atoms in total. The van der Waals surface area contributed by atoms with Gasteiger partial charge >= 0.3 is 0 Å². The van der Waals surface area contributed by atoms with Crippen LogP contribution in [0.2, 0.25) is 0 Å². The Hall–Kier alpha value is -1.03. The van der Waals surface area contributed by atoms with E-state index in [9.17, 15) is 0 Å². The van der Waals surface area contributed by atoms with Gasteiger partial charge in [-0.3, -0.25) is 0 Å². The minimum atomic E-state index is 0. The molecule has 4 heteroatoms. The minimum Gasteiger partial charge on any atom is -0.497 e. The Morgan fingerprint density at radius 2 is 1.61 bits per heavy atom. The summed E-state index contributed by atoms with van der Waals surface area (Å²) in [5.74, 6) is 0.921. The van der Waals surface area contributed by atoms with Crippen LogP contribution in [0.4, 0.5) is 0 Å². The van der Waals surface area contributed by atoms with E-state index in [0.29, 0.717) is 6.04 Å². The van der Waals surface area contributed by atoms with Crippen molar-refractivity contribution in [2.75, 3.05) is 13.7 Å². The van der Waals surface area contributed by atoms with Crippen LogP contribution in [0.5, 0.6) is 5.75 Å². The Kier molecular flexibility index (Phi) is 9.30. The van der Waals surface area contributed by atoms with Crippen molar-refractivity contribution in [3.05, 3.63) is 64.1 Å². The molecule has 0 saturated carbocycles. The molecule has 1 atom stereocenters. The lowest BCUT2D eigenvalue weighted by atomic mass is 10.1. The van der Waals surface area contributed by atoms with Crippen LogP contribution in [-0.2, 0) is 12.8 Å². The molecule has 0 aromatic heterocycles. The number of nitrogens with one attached hydrogen (secondary N) is 1. The number of ether oxygens (including phenoxy) is 1. The van der Waals surface area contributed by atoms with E-state index in [1.165, 1.54) is 11.1 Å². The van der Waals surface area contributed by atoms with Crippen LogP contribution in [0, 0.1) is 0 Å². The van der Waals surface area contributed by atoms with Gasteiger partial charge in [-0.2, -0.15) is 0 Å². The predicted molar refractivity (Wildman–Crippen MR) is 104 cm³/mol. The summed E-state index contributed by atoms with van der Waals surface area (Å²) in [5.41, 5.74) is 2.74. The zero-order chi connectivity index (χ0) is 15.8. The van der Waals surface area contributed by atoms with E-state index in [1.54, 1.807) is 7.11 Å². The van der Waals surface area contributed by atoms with Gasteiger partial charge in [0.2, 0.25) is 0 Å². The number of benzene rings is 2. The Morgan fingerprint density at radius 1 is 1.00 bits per heavy atom. The first-order valence-electron chi connectivity index (χ1n) is 7.78. The highest BCUT2D eigenvalue weighted by Crippen LogP contribution is 2.13. The summed E-state index contributed by atoms with van der Waals surface area (Å²) in [5, 5.41) is 3.60. The quantitative estimate of drug-likeness (QED) is 0.629. The van der Waals surface area contributed by atoms with E-state index < -0.39 is 0 Å². The van der Waals surface area contributed by atoms with Crippen LogP contribution in [0.15, 0.2) is 53.0 Å². The van der Waals surface area contributed by atoms with Crippen molar-refractivity contribution in [1.82, 2.24) is 5.32 Å². The van der Waals surface area contributed by atoms with Crippen molar-refractivity contribution < 1.29 is 4.74 Å². The second-order valence-corrected chi connectivity index (χ2v) is 6.55. The van der Waals surface area contributed by atoms with Gasteiger partial charge in [-0.05, 0) is 68.1 Å². The van der Waals surface area contributed by atoms with Crippen molar-refractivity contribution >= 4 is 28.3 Å². The molecule has 0 bridgehead atoms. The van der Waals surface area contributed by atoms with Gasteiger partial charge in [0.25, 0.3) is 0 Å². The zero-order valence-electron chi connectivity index (χ0n) is 13.7. The van der Waals surface area contributed by atoms with E-state index in [-0.39, 0.29) is 12.4 Å². The second-order valence-electron chi connectivity index (χ2n) is 5.64. The highest BCUT2D eigenvalue weighted by Gasteiger charge is 2.03. The summed E-state index contributed by atoms with van der Waals surface area (Å²) in [6.07, 6.45) is 3.31. The highest BCUT2D eigenvalue weighted by molar-refractivity contribution is 9.10. The van der Waals surface area contributed by atoms with Crippen molar-refractivity contribution in [3.63, 3.8) is 0 Å². The summed E-state index contributed by atoms with van der Waals surface area (Å²) in [6, 6.07) is 17.4. The second kappa shape index (κ2) is 10.7. The molecule has 0 fully saturated rings. The first kappa shape index (κ1) is 20.0. The van der Waals surface area contributed by atoms with Gasteiger partial charge in [0.15, 0.2) is 0 Å².